The average molecular weight is 344 g/mol. The first-order valence-electron chi connectivity index (χ1n) is 6.80. The van der Waals surface area contributed by atoms with Gasteiger partial charge in [-0.15, -0.1) is 0 Å². The van der Waals surface area contributed by atoms with Crippen LogP contribution in [0.3, 0.4) is 0 Å². The summed E-state index contributed by atoms with van der Waals surface area (Å²) in [5.41, 5.74) is 0.890. The number of urea groups is 1. The van der Waals surface area contributed by atoms with Gasteiger partial charge in [0.2, 0.25) is 0 Å². The van der Waals surface area contributed by atoms with E-state index in [1.165, 1.54) is 12.1 Å². The second-order valence-electron chi connectivity index (χ2n) is 4.88. The van der Waals surface area contributed by atoms with E-state index in [0.29, 0.717) is 19.6 Å². The van der Waals surface area contributed by atoms with Crippen molar-refractivity contribution in [2.75, 3.05) is 19.6 Å². The Morgan fingerprint density at radius 2 is 2.35 bits per heavy atom. The quantitative estimate of drug-likeness (QED) is 0.882. The summed E-state index contributed by atoms with van der Waals surface area (Å²) < 4.78 is 14.1. The Labute approximate surface area is 126 Å². The van der Waals surface area contributed by atoms with Crippen molar-refractivity contribution in [3.63, 3.8) is 0 Å². The molecular formula is C14H19BrFN3O. The molecule has 1 aliphatic rings. The molecule has 6 heteroatoms. The molecule has 110 valence electrons. The van der Waals surface area contributed by atoms with Crippen molar-refractivity contribution in [3.8, 4) is 0 Å². The summed E-state index contributed by atoms with van der Waals surface area (Å²) in [7, 11) is 0. The van der Waals surface area contributed by atoms with Gasteiger partial charge in [-0.2, -0.15) is 0 Å². The number of rotatable bonds is 4. The molecule has 1 fully saturated rings. The van der Waals surface area contributed by atoms with Crippen molar-refractivity contribution >= 4 is 22.0 Å². The van der Waals surface area contributed by atoms with Crippen molar-refractivity contribution in [2.24, 2.45) is 0 Å². The Hall–Kier alpha value is -1.14. The zero-order valence-electron chi connectivity index (χ0n) is 11.5. The second kappa shape index (κ2) is 7.04. The number of benzene rings is 1. The number of halogens is 2. The maximum absolute atomic E-state index is 13.2. The lowest BCUT2D eigenvalue weighted by atomic mass is 10.2. The summed E-state index contributed by atoms with van der Waals surface area (Å²) in [6.45, 7) is 4.59. The predicted octanol–water partition coefficient (Wildman–Crippen LogP) is 2.48. The fourth-order valence-corrected chi connectivity index (χ4v) is 2.69. The van der Waals surface area contributed by atoms with Gasteiger partial charge in [0.25, 0.3) is 0 Å². The van der Waals surface area contributed by atoms with Crippen LogP contribution >= 0.6 is 15.9 Å². The number of amides is 2. The Kier molecular flexibility index (Phi) is 5.37. The van der Waals surface area contributed by atoms with E-state index >= 15 is 0 Å². The molecule has 0 radical (unpaired) electrons. The molecule has 2 rings (SSSR count). The van der Waals surface area contributed by atoms with Crippen molar-refractivity contribution in [2.45, 2.75) is 25.9 Å². The van der Waals surface area contributed by atoms with E-state index in [0.717, 1.165) is 23.0 Å². The first-order chi connectivity index (χ1) is 9.60. The lowest BCUT2D eigenvalue weighted by Gasteiger charge is -2.17. The molecular weight excluding hydrogens is 325 g/mol. The van der Waals surface area contributed by atoms with Gasteiger partial charge in [-0.1, -0.05) is 15.9 Å². The zero-order chi connectivity index (χ0) is 14.5. The van der Waals surface area contributed by atoms with Gasteiger partial charge in [-0.05, 0) is 37.1 Å². The number of hydrogen-bond acceptors (Lipinski definition) is 2. The standard InChI is InChI=1S/C14H19BrFN3O/c1-2-17-14(20)19-6-5-12(9-19)18-8-10-7-11(16)3-4-13(10)15/h3-4,7,12,18H,2,5-6,8-9H2,1H3,(H,17,20). The van der Waals surface area contributed by atoms with E-state index < -0.39 is 0 Å². The minimum Gasteiger partial charge on any atom is -0.338 e. The van der Waals surface area contributed by atoms with Gasteiger partial charge in [-0.3, -0.25) is 0 Å². The molecule has 2 N–H and O–H groups in total. The van der Waals surface area contributed by atoms with Gasteiger partial charge in [-0.25, -0.2) is 9.18 Å². The number of carbonyl (C=O) groups excluding carboxylic acids is 1. The molecule has 1 atom stereocenters. The van der Waals surface area contributed by atoms with Gasteiger partial charge in [0.1, 0.15) is 5.82 Å². The second-order valence-corrected chi connectivity index (χ2v) is 5.74. The highest BCUT2D eigenvalue weighted by atomic mass is 79.9. The molecule has 1 aromatic rings. The molecule has 2 amide bonds. The molecule has 0 bridgehead atoms. The highest BCUT2D eigenvalue weighted by Crippen LogP contribution is 2.18. The molecule has 1 aromatic carbocycles. The Balaban J connectivity index is 1.84. The van der Waals surface area contributed by atoms with Crippen LogP contribution in [0.2, 0.25) is 0 Å². The smallest absolute Gasteiger partial charge is 0.317 e. The molecule has 0 spiro atoms. The highest BCUT2D eigenvalue weighted by molar-refractivity contribution is 9.10. The maximum Gasteiger partial charge on any atom is 0.317 e. The number of nitrogens with zero attached hydrogens (tertiary/aromatic N) is 1. The third-order valence-corrected chi connectivity index (χ3v) is 4.17. The van der Waals surface area contributed by atoms with Crippen molar-refractivity contribution in [3.05, 3.63) is 34.1 Å². The third-order valence-electron chi connectivity index (χ3n) is 3.39. The van der Waals surface area contributed by atoms with Crippen molar-refractivity contribution in [1.82, 2.24) is 15.5 Å². The van der Waals surface area contributed by atoms with Gasteiger partial charge in [0.15, 0.2) is 0 Å². The van der Waals surface area contributed by atoms with Crippen LogP contribution in [0.15, 0.2) is 22.7 Å². The van der Waals surface area contributed by atoms with E-state index in [-0.39, 0.29) is 17.9 Å². The van der Waals surface area contributed by atoms with Crippen molar-refractivity contribution in [1.29, 1.82) is 0 Å². The highest BCUT2D eigenvalue weighted by Gasteiger charge is 2.25. The molecule has 0 aromatic heterocycles. The third kappa shape index (κ3) is 3.93. The normalized spacial score (nSPS) is 18.4. The molecule has 1 saturated heterocycles. The van der Waals surface area contributed by atoms with E-state index in [9.17, 15) is 9.18 Å². The summed E-state index contributed by atoms with van der Waals surface area (Å²) in [4.78, 5) is 13.5. The Morgan fingerprint density at radius 3 is 3.10 bits per heavy atom. The summed E-state index contributed by atoms with van der Waals surface area (Å²) >= 11 is 3.41. The average Bonchev–Trinajstić information content (AvgIpc) is 2.89. The Morgan fingerprint density at radius 1 is 1.55 bits per heavy atom. The minimum absolute atomic E-state index is 0.0104. The van der Waals surface area contributed by atoms with Gasteiger partial charge in [0, 0.05) is 36.7 Å². The predicted molar refractivity (Wildman–Crippen MR) is 80.0 cm³/mol. The van der Waals surface area contributed by atoms with E-state index in [4.69, 9.17) is 0 Å². The molecule has 20 heavy (non-hydrogen) atoms. The van der Waals surface area contributed by atoms with Crippen molar-refractivity contribution < 1.29 is 9.18 Å². The monoisotopic (exact) mass is 343 g/mol. The van der Waals surface area contributed by atoms with Crippen LogP contribution in [0.1, 0.15) is 18.9 Å². The molecule has 1 aliphatic heterocycles. The summed E-state index contributed by atoms with van der Waals surface area (Å²) in [5.74, 6) is -0.236. The summed E-state index contributed by atoms with van der Waals surface area (Å²) in [5, 5.41) is 6.18. The maximum atomic E-state index is 13.2. The van der Waals surface area contributed by atoms with E-state index in [1.54, 1.807) is 6.07 Å². The molecule has 0 aliphatic carbocycles. The molecule has 4 nitrogen and oxygen atoms in total. The van der Waals surface area contributed by atoms with E-state index in [1.807, 2.05) is 11.8 Å². The van der Waals surface area contributed by atoms with Crippen LogP contribution in [-0.4, -0.2) is 36.6 Å². The number of likely N-dealkylation sites (tertiary alicyclic amines) is 1. The van der Waals surface area contributed by atoms with Crippen LogP contribution in [0, 0.1) is 5.82 Å². The Bertz CT molecular complexity index is 483. The van der Waals surface area contributed by atoms with Crippen LogP contribution < -0.4 is 10.6 Å². The lowest BCUT2D eigenvalue weighted by Crippen LogP contribution is -2.40. The zero-order valence-corrected chi connectivity index (χ0v) is 13.0. The molecule has 1 heterocycles. The van der Waals surface area contributed by atoms with Crippen LogP contribution in [0.5, 0.6) is 0 Å². The van der Waals surface area contributed by atoms with Gasteiger partial charge in [0.05, 0.1) is 0 Å². The lowest BCUT2D eigenvalue weighted by molar-refractivity contribution is 0.208. The van der Waals surface area contributed by atoms with Crippen LogP contribution in [0.25, 0.3) is 0 Å². The first kappa shape index (κ1) is 15.3. The topological polar surface area (TPSA) is 44.4 Å². The van der Waals surface area contributed by atoms with Crippen LogP contribution in [0.4, 0.5) is 9.18 Å². The minimum atomic E-state index is -0.236. The number of nitrogens with one attached hydrogen (secondary N) is 2. The molecule has 1 unspecified atom stereocenters. The largest absolute Gasteiger partial charge is 0.338 e. The number of hydrogen-bond donors (Lipinski definition) is 2. The van der Waals surface area contributed by atoms with Gasteiger partial charge < -0.3 is 15.5 Å². The van der Waals surface area contributed by atoms with Crippen LogP contribution in [-0.2, 0) is 6.54 Å². The number of carbonyl (C=O) groups is 1. The van der Waals surface area contributed by atoms with E-state index in [2.05, 4.69) is 26.6 Å². The van der Waals surface area contributed by atoms with Gasteiger partial charge >= 0.3 is 6.03 Å². The fourth-order valence-electron chi connectivity index (χ4n) is 2.31. The SMILES string of the molecule is CCNC(=O)N1CCC(NCc2cc(F)ccc2Br)C1. The summed E-state index contributed by atoms with van der Waals surface area (Å²) in [6, 6.07) is 4.91. The molecule has 0 saturated carbocycles. The summed E-state index contributed by atoms with van der Waals surface area (Å²) in [6.07, 6.45) is 0.921. The first-order valence-corrected chi connectivity index (χ1v) is 7.59. The fraction of sp³-hybridized carbons (Fsp3) is 0.500.